The van der Waals surface area contributed by atoms with Gasteiger partial charge < -0.3 is 0 Å². The van der Waals surface area contributed by atoms with Gasteiger partial charge in [-0.3, -0.25) is 4.79 Å². The molecule has 0 radical (unpaired) electrons. The van der Waals surface area contributed by atoms with Crippen molar-refractivity contribution in [2.45, 2.75) is 6.67 Å². The third-order valence-corrected chi connectivity index (χ3v) is 2.59. The molecule has 0 N–H and O–H groups in total. The van der Waals surface area contributed by atoms with Gasteiger partial charge in [-0.2, -0.15) is 0 Å². The minimum absolute atomic E-state index is 0.0363. The van der Waals surface area contributed by atoms with E-state index in [1.807, 2.05) is 0 Å². The van der Waals surface area contributed by atoms with Gasteiger partial charge in [0.2, 0.25) is 0 Å². The van der Waals surface area contributed by atoms with Crippen LogP contribution in [0.3, 0.4) is 0 Å². The maximum absolute atomic E-state index is 12.4. The Morgan fingerprint density at radius 2 is 2.00 bits per heavy atom. The lowest BCUT2D eigenvalue weighted by atomic mass is 10.1. The first kappa shape index (κ1) is 10.8. The summed E-state index contributed by atoms with van der Waals surface area (Å²) in [5.41, 5.74) is 0.0905. The number of carbonyl (C=O) groups excluding carboxylic acids is 1. The summed E-state index contributed by atoms with van der Waals surface area (Å²) >= 11 is 16.5. The average Bonchev–Trinajstić information content (AvgIpc) is 2.09. The summed E-state index contributed by atoms with van der Waals surface area (Å²) in [6.45, 7) is -0.868. The number of alkyl halides is 1. The molecule has 13 heavy (non-hydrogen) atoms. The highest BCUT2D eigenvalue weighted by atomic mass is 35.5. The van der Waals surface area contributed by atoms with Crippen LogP contribution in [0.15, 0.2) is 12.1 Å². The Morgan fingerprint density at radius 3 is 2.46 bits per heavy atom. The van der Waals surface area contributed by atoms with E-state index in [4.69, 9.17) is 34.8 Å². The first-order valence-electron chi connectivity index (χ1n) is 3.30. The molecule has 0 aromatic heterocycles. The van der Waals surface area contributed by atoms with Crippen LogP contribution in [-0.2, 0) is 6.67 Å². The Labute approximate surface area is 89.4 Å². The average molecular weight is 241 g/mol. The van der Waals surface area contributed by atoms with Gasteiger partial charge in [0.25, 0.3) is 5.24 Å². The first-order valence-corrected chi connectivity index (χ1v) is 4.44. The summed E-state index contributed by atoms with van der Waals surface area (Å²) in [5, 5.41) is -0.502. The van der Waals surface area contributed by atoms with Crippen LogP contribution >= 0.6 is 34.8 Å². The normalized spacial score (nSPS) is 10.2. The number of benzene rings is 1. The molecule has 0 saturated carbocycles. The van der Waals surface area contributed by atoms with E-state index >= 15 is 0 Å². The van der Waals surface area contributed by atoms with Gasteiger partial charge in [0.05, 0.1) is 10.0 Å². The van der Waals surface area contributed by atoms with Crippen molar-refractivity contribution in [2.75, 3.05) is 0 Å². The van der Waals surface area contributed by atoms with Crippen LogP contribution in [-0.4, -0.2) is 5.24 Å². The van der Waals surface area contributed by atoms with E-state index in [1.165, 1.54) is 12.1 Å². The second kappa shape index (κ2) is 4.27. The Morgan fingerprint density at radius 1 is 1.38 bits per heavy atom. The lowest BCUT2D eigenvalue weighted by Gasteiger charge is -2.05. The molecule has 5 heteroatoms. The van der Waals surface area contributed by atoms with Crippen molar-refractivity contribution in [1.29, 1.82) is 0 Å². The maximum atomic E-state index is 12.4. The van der Waals surface area contributed by atoms with Gasteiger partial charge in [0, 0.05) is 11.1 Å². The minimum Gasteiger partial charge on any atom is -0.276 e. The van der Waals surface area contributed by atoms with Crippen LogP contribution in [0.25, 0.3) is 0 Å². The molecule has 0 spiro atoms. The molecule has 0 fully saturated rings. The third-order valence-electron chi connectivity index (χ3n) is 1.54. The lowest BCUT2D eigenvalue weighted by molar-refractivity contribution is 0.108. The molecule has 1 aromatic rings. The molecule has 0 aliphatic heterocycles. The molecule has 1 rings (SSSR count). The molecular formula is C8H4Cl3FO. The zero-order valence-corrected chi connectivity index (χ0v) is 8.55. The molecule has 0 amide bonds. The maximum Gasteiger partial charge on any atom is 0.252 e. The van der Waals surface area contributed by atoms with Crippen LogP contribution in [0.2, 0.25) is 10.0 Å². The van der Waals surface area contributed by atoms with Crippen LogP contribution < -0.4 is 0 Å². The van der Waals surface area contributed by atoms with E-state index in [0.717, 1.165) is 0 Å². The summed E-state index contributed by atoms with van der Waals surface area (Å²) in [4.78, 5) is 10.8. The number of carbonyl (C=O) groups is 1. The zero-order valence-electron chi connectivity index (χ0n) is 6.28. The third kappa shape index (κ3) is 2.13. The van der Waals surface area contributed by atoms with Crippen LogP contribution in [0.5, 0.6) is 0 Å². The molecule has 1 aromatic carbocycles. The smallest absolute Gasteiger partial charge is 0.252 e. The van der Waals surface area contributed by atoms with Gasteiger partial charge in [0.1, 0.15) is 6.67 Å². The number of hydrogen-bond acceptors (Lipinski definition) is 1. The quantitative estimate of drug-likeness (QED) is 0.719. The van der Waals surface area contributed by atoms with E-state index in [9.17, 15) is 9.18 Å². The summed E-state index contributed by atoms with van der Waals surface area (Å²) in [6, 6.07) is 2.75. The minimum atomic E-state index is -0.868. The number of hydrogen-bond donors (Lipinski definition) is 0. The largest absolute Gasteiger partial charge is 0.276 e. The van der Waals surface area contributed by atoms with E-state index in [2.05, 4.69) is 0 Å². The van der Waals surface area contributed by atoms with Crippen LogP contribution in [0, 0.1) is 0 Å². The van der Waals surface area contributed by atoms with E-state index in [-0.39, 0.29) is 21.2 Å². The van der Waals surface area contributed by atoms with Gasteiger partial charge in [-0.15, -0.1) is 0 Å². The van der Waals surface area contributed by atoms with E-state index < -0.39 is 11.9 Å². The molecule has 70 valence electrons. The fourth-order valence-electron chi connectivity index (χ4n) is 0.907. The van der Waals surface area contributed by atoms with Crippen molar-refractivity contribution in [1.82, 2.24) is 0 Å². The highest BCUT2D eigenvalue weighted by molar-refractivity contribution is 6.68. The SMILES string of the molecule is O=C(Cl)c1ccc(Cl)c(Cl)c1CF. The van der Waals surface area contributed by atoms with Crippen molar-refractivity contribution in [3.63, 3.8) is 0 Å². The second-order valence-corrected chi connectivity index (χ2v) is 3.42. The standard InChI is InChI=1S/C8H4Cl3FO/c9-6-2-1-4(8(11)13)5(3-12)7(6)10/h1-2H,3H2. The molecule has 0 bridgehead atoms. The predicted octanol–water partition coefficient (Wildman–Crippen LogP) is 3.84. The van der Waals surface area contributed by atoms with Crippen molar-refractivity contribution >= 4 is 40.0 Å². The van der Waals surface area contributed by atoms with Gasteiger partial charge in [-0.25, -0.2) is 4.39 Å². The second-order valence-electron chi connectivity index (χ2n) is 2.29. The van der Waals surface area contributed by atoms with Crippen molar-refractivity contribution in [3.8, 4) is 0 Å². The summed E-state index contributed by atoms with van der Waals surface area (Å²) in [5.74, 6) is 0. The monoisotopic (exact) mass is 240 g/mol. The summed E-state index contributed by atoms with van der Waals surface area (Å²) < 4.78 is 12.4. The fraction of sp³-hybridized carbons (Fsp3) is 0.125. The van der Waals surface area contributed by atoms with Crippen molar-refractivity contribution in [3.05, 3.63) is 33.3 Å². The topological polar surface area (TPSA) is 17.1 Å². The van der Waals surface area contributed by atoms with E-state index in [0.29, 0.717) is 0 Å². The molecule has 0 aliphatic carbocycles. The predicted molar refractivity (Wildman–Crippen MR) is 51.5 cm³/mol. The molecule has 0 unspecified atom stereocenters. The highest BCUT2D eigenvalue weighted by Gasteiger charge is 2.14. The molecule has 1 nitrogen and oxygen atoms in total. The fourth-order valence-corrected chi connectivity index (χ4v) is 1.48. The van der Waals surface area contributed by atoms with Gasteiger partial charge >= 0.3 is 0 Å². The van der Waals surface area contributed by atoms with Gasteiger partial charge in [-0.05, 0) is 23.7 Å². The Balaban J connectivity index is 3.38. The zero-order chi connectivity index (χ0) is 10.0. The number of halogens is 4. The summed E-state index contributed by atoms with van der Waals surface area (Å²) in [6.07, 6.45) is 0. The Bertz CT molecular complexity index is 351. The molecule has 0 saturated heterocycles. The lowest BCUT2D eigenvalue weighted by Crippen LogP contribution is -1.97. The molecule has 0 heterocycles. The highest BCUT2D eigenvalue weighted by Crippen LogP contribution is 2.29. The Hall–Kier alpha value is -0.310. The van der Waals surface area contributed by atoms with Crippen molar-refractivity contribution in [2.24, 2.45) is 0 Å². The van der Waals surface area contributed by atoms with Gasteiger partial charge in [-0.1, -0.05) is 23.2 Å². The van der Waals surface area contributed by atoms with E-state index in [1.54, 1.807) is 0 Å². The Kier molecular flexibility index (Phi) is 3.54. The molecule has 0 atom stereocenters. The molecule has 0 aliphatic rings. The number of rotatable bonds is 2. The molecular weight excluding hydrogens is 237 g/mol. The van der Waals surface area contributed by atoms with Gasteiger partial charge in [0.15, 0.2) is 0 Å². The first-order chi connectivity index (χ1) is 6.07. The summed E-state index contributed by atoms with van der Waals surface area (Å²) in [7, 11) is 0. The van der Waals surface area contributed by atoms with Crippen molar-refractivity contribution < 1.29 is 9.18 Å². The van der Waals surface area contributed by atoms with Crippen LogP contribution in [0.4, 0.5) is 4.39 Å². The van der Waals surface area contributed by atoms with Crippen LogP contribution in [0.1, 0.15) is 15.9 Å².